The van der Waals surface area contributed by atoms with Crippen molar-refractivity contribution in [1.82, 2.24) is 0 Å². The Morgan fingerprint density at radius 1 is 1.23 bits per heavy atom. The van der Waals surface area contributed by atoms with E-state index in [0.717, 1.165) is 19.6 Å². The van der Waals surface area contributed by atoms with Gasteiger partial charge in [-0.05, 0) is 18.6 Å². The van der Waals surface area contributed by atoms with Crippen molar-refractivity contribution in [2.75, 3.05) is 32.2 Å². The Kier molecular flexibility index (Phi) is 4.33. The highest BCUT2D eigenvalue weighted by molar-refractivity contribution is 5.44. The highest BCUT2D eigenvalue weighted by Gasteiger charge is 1.97. The zero-order valence-electron chi connectivity index (χ0n) is 8.36. The molecule has 0 aromatic heterocycles. The minimum absolute atomic E-state index is 0.831. The van der Waals surface area contributed by atoms with Gasteiger partial charge in [-0.1, -0.05) is 18.2 Å². The number of nitrogens with zero attached hydrogens (tertiary/aromatic N) is 1. The first-order chi connectivity index (χ1) is 6.34. The molecular formula is C11H17NO. The molecule has 0 unspecified atom stereocenters. The van der Waals surface area contributed by atoms with Crippen LogP contribution < -0.4 is 4.90 Å². The van der Waals surface area contributed by atoms with Crippen LogP contribution in [0, 0.1) is 0 Å². The molecule has 0 atom stereocenters. The van der Waals surface area contributed by atoms with Crippen molar-refractivity contribution in [2.45, 2.75) is 6.42 Å². The summed E-state index contributed by atoms with van der Waals surface area (Å²) in [5.41, 5.74) is 1.26. The molecule has 0 saturated carbocycles. The highest BCUT2D eigenvalue weighted by atomic mass is 16.5. The third kappa shape index (κ3) is 3.47. The molecule has 72 valence electrons. The zero-order chi connectivity index (χ0) is 9.52. The molecule has 0 fully saturated rings. The van der Waals surface area contributed by atoms with Crippen molar-refractivity contribution in [2.24, 2.45) is 0 Å². The number of ether oxygens (including phenoxy) is 1. The monoisotopic (exact) mass is 179 g/mol. The van der Waals surface area contributed by atoms with Crippen LogP contribution in [0.4, 0.5) is 5.69 Å². The van der Waals surface area contributed by atoms with Gasteiger partial charge in [0.1, 0.15) is 0 Å². The van der Waals surface area contributed by atoms with Gasteiger partial charge in [-0.3, -0.25) is 0 Å². The topological polar surface area (TPSA) is 12.5 Å². The van der Waals surface area contributed by atoms with E-state index in [9.17, 15) is 0 Å². The molecule has 0 aliphatic heterocycles. The first-order valence-electron chi connectivity index (χ1n) is 4.59. The molecule has 2 nitrogen and oxygen atoms in total. The van der Waals surface area contributed by atoms with Gasteiger partial charge >= 0.3 is 0 Å². The molecule has 0 amide bonds. The third-order valence-corrected chi connectivity index (χ3v) is 2.04. The average Bonchev–Trinajstić information content (AvgIpc) is 2.19. The van der Waals surface area contributed by atoms with Gasteiger partial charge in [-0.2, -0.15) is 0 Å². The van der Waals surface area contributed by atoms with E-state index in [-0.39, 0.29) is 0 Å². The van der Waals surface area contributed by atoms with Gasteiger partial charge in [0.15, 0.2) is 0 Å². The Bertz CT molecular complexity index is 223. The number of rotatable bonds is 5. The van der Waals surface area contributed by atoms with Gasteiger partial charge in [0.05, 0.1) is 0 Å². The van der Waals surface area contributed by atoms with E-state index in [1.54, 1.807) is 7.11 Å². The fraction of sp³-hybridized carbons (Fsp3) is 0.455. The summed E-state index contributed by atoms with van der Waals surface area (Å²) in [6.45, 7) is 1.87. The zero-order valence-corrected chi connectivity index (χ0v) is 8.36. The smallest absolute Gasteiger partial charge is 0.0479 e. The number of hydrogen-bond donors (Lipinski definition) is 0. The second kappa shape index (κ2) is 5.60. The lowest BCUT2D eigenvalue weighted by atomic mass is 10.3. The van der Waals surface area contributed by atoms with Crippen LogP contribution in [0.15, 0.2) is 30.3 Å². The van der Waals surface area contributed by atoms with E-state index in [4.69, 9.17) is 4.74 Å². The van der Waals surface area contributed by atoms with Gasteiger partial charge in [0.25, 0.3) is 0 Å². The SMILES string of the molecule is COCCCN(C)c1ccccc1. The van der Waals surface area contributed by atoms with Crippen molar-refractivity contribution < 1.29 is 4.74 Å². The second-order valence-electron chi connectivity index (χ2n) is 3.10. The number of para-hydroxylation sites is 1. The van der Waals surface area contributed by atoms with Gasteiger partial charge < -0.3 is 9.64 Å². The van der Waals surface area contributed by atoms with Crippen molar-refractivity contribution in [3.63, 3.8) is 0 Å². The summed E-state index contributed by atoms with van der Waals surface area (Å²) in [7, 11) is 3.84. The normalized spacial score (nSPS) is 10.0. The molecule has 0 saturated heterocycles. The predicted octanol–water partition coefficient (Wildman–Crippen LogP) is 2.16. The maximum atomic E-state index is 5.00. The molecule has 0 aliphatic carbocycles. The van der Waals surface area contributed by atoms with Crippen LogP contribution >= 0.6 is 0 Å². The van der Waals surface area contributed by atoms with Crippen LogP contribution in [-0.2, 0) is 4.74 Å². The van der Waals surface area contributed by atoms with Gasteiger partial charge in [-0.15, -0.1) is 0 Å². The summed E-state index contributed by atoms with van der Waals surface area (Å²) in [6, 6.07) is 10.4. The Hall–Kier alpha value is -1.02. The Labute approximate surface area is 80.1 Å². The number of benzene rings is 1. The summed E-state index contributed by atoms with van der Waals surface area (Å²) >= 11 is 0. The lowest BCUT2D eigenvalue weighted by Crippen LogP contribution is -2.19. The fourth-order valence-electron chi connectivity index (χ4n) is 1.26. The average molecular weight is 179 g/mol. The largest absolute Gasteiger partial charge is 0.385 e. The van der Waals surface area contributed by atoms with Crippen LogP contribution in [0.25, 0.3) is 0 Å². The van der Waals surface area contributed by atoms with E-state index in [1.165, 1.54) is 5.69 Å². The van der Waals surface area contributed by atoms with E-state index >= 15 is 0 Å². The number of methoxy groups -OCH3 is 1. The first-order valence-corrected chi connectivity index (χ1v) is 4.59. The van der Waals surface area contributed by atoms with Crippen LogP contribution in [-0.4, -0.2) is 27.3 Å². The molecule has 0 heterocycles. The first kappa shape index (κ1) is 10.1. The number of anilines is 1. The molecule has 0 aliphatic rings. The predicted molar refractivity (Wildman–Crippen MR) is 56.2 cm³/mol. The van der Waals surface area contributed by atoms with Crippen LogP contribution in [0.1, 0.15) is 6.42 Å². The summed E-state index contributed by atoms with van der Waals surface area (Å²) in [6.07, 6.45) is 1.07. The van der Waals surface area contributed by atoms with E-state index in [0.29, 0.717) is 0 Å². The molecule has 2 heteroatoms. The summed E-state index contributed by atoms with van der Waals surface area (Å²) < 4.78 is 5.00. The molecule has 0 N–H and O–H groups in total. The van der Waals surface area contributed by atoms with Gasteiger partial charge in [0.2, 0.25) is 0 Å². The van der Waals surface area contributed by atoms with E-state index < -0.39 is 0 Å². The van der Waals surface area contributed by atoms with Crippen molar-refractivity contribution in [1.29, 1.82) is 0 Å². The molecule has 1 aromatic rings. The summed E-state index contributed by atoms with van der Waals surface area (Å²) in [5, 5.41) is 0. The lowest BCUT2D eigenvalue weighted by molar-refractivity contribution is 0.196. The quantitative estimate of drug-likeness (QED) is 0.642. The van der Waals surface area contributed by atoms with Crippen LogP contribution in [0.5, 0.6) is 0 Å². The van der Waals surface area contributed by atoms with E-state index in [2.05, 4.69) is 36.2 Å². The standard InChI is InChI=1S/C11H17NO/c1-12(9-6-10-13-2)11-7-4-3-5-8-11/h3-5,7-8H,6,9-10H2,1-2H3. The Morgan fingerprint density at radius 3 is 2.54 bits per heavy atom. The fourth-order valence-corrected chi connectivity index (χ4v) is 1.26. The van der Waals surface area contributed by atoms with Gasteiger partial charge in [-0.25, -0.2) is 0 Å². The Balaban J connectivity index is 2.35. The van der Waals surface area contributed by atoms with Crippen molar-refractivity contribution >= 4 is 5.69 Å². The maximum Gasteiger partial charge on any atom is 0.0479 e. The third-order valence-electron chi connectivity index (χ3n) is 2.04. The van der Waals surface area contributed by atoms with Crippen molar-refractivity contribution in [3.8, 4) is 0 Å². The molecule has 1 aromatic carbocycles. The lowest BCUT2D eigenvalue weighted by Gasteiger charge is -2.18. The van der Waals surface area contributed by atoms with Crippen molar-refractivity contribution in [3.05, 3.63) is 30.3 Å². The minimum atomic E-state index is 0.831. The van der Waals surface area contributed by atoms with Gasteiger partial charge in [0, 0.05) is 33.0 Å². The second-order valence-corrected chi connectivity index (χ2v) is 3.10. The maximum absolute atomic E-state index is 5.00. The summed E-state index contributed by atoms with van der Waals surface area (Å²) in [4.78, 5) is 2.24. The Morgan fingerprint density at radius 2 is 1.92 bits per heavy atom. The van der Waals surface area contributed by atoms with Crippen LogP contribution in [0.3, 0.4) is 0 Å². The highest BCUT2D eigenvalue weighted by Crippen LogP contribution is 2.10. The molecule has 0 bridgehead atoms. The van der Waals surface area contributed by atoms with Crippen LogP contribution in [0.2, 0.25) is 0 Å². The molecule has 1 rings (SSSR count). The summed E-state index contributed by atoms with van der Waals surface area (Å²) in [5.74, 6) is 0. The number of hydrogen-bond acceptors (Lipinski definition) is 2. The van der Waals surface area contributed by atoms with E-state index in [1.807, 2.05) is 6.07 Å². The molecule has 13 heavy (non-hydrogen) atoms. The molecular weight excluding hydrogens is 162 g/mol. The molecule has 0 spiro atoms. The minimum Gasteiger partial charge on any atom is -0.385 e. The molecule has 0 radical (unpaired) electrons.